The predicted molar refractivity (Wildman–Crippen MR) is 246 cm³/mol. The fraction of sp³-hybridized carbons (Fsp3) is 0. The lowest BCUT2D eigenvalue weighted by atomic mass is 10.0. The van der Waals surface area contributed by atoms with Crippen molar-refractivity contribution in [1.29, 1.82) is 0 Å². The number of thiophene rings is 1. The minimum Gasteiger partial charge on any atom is -0.454 e. The number of aromatic nitrogens is 4. The Morgan fingerprint density at radius 3 is 1.90 bits per heavy atom. The van der Waals surface area contributed by atoms with Crippen molar-refractivity contribution in [2.75, 3.05) is 0 Å². The van der Waals surface area contributed by atoms with Gasteiger partial charge in [0.1, 0.15) is 5.58 Å². The smallest absolute Gasteiger partial charge is 0.164 e. The largest absolute Gasteiger partial charge is 0.454 e. The van der Waals surface area contributed by atoms with Gasteiger partial charge in [0.15, 0.2) is 23.1 Å². The molecular formula is C53H30N4OS. The van der Waals surface area contributed by atoms with Crippen LogP contribution in [0.25, 0.3) is 125 Å². The first-order valence-corrected chi connectivity index (χ1v) is 20.6. The molecule has 0 fully saturated rings. The van der Waals surface area contributed by atoms with Gasteiger partial charge in [-0.2, -0.15) is 0 Å². The fourth-order valence-corrected chi connectivity index (χ4v) is 10.3. The molecule has 4 heterocycles. The van der Waals surface area contributed by atoms with Crippen molar-refractivity contribution in [1.82, 2.24) is 19.5 Å². The number of hydrogen-bond acceptors (Lipinski definition) is 5. The van der Waals surface area contributed by atoms with Crippen LogP contribution in [0.1, 0.15) is 0 Å². The van der Waals surface area contributed by atoms with Gasteiger partial charge < -0.3 is 8.98 Å². The van der Waals surface area contributed by atoms with Gasteiger partial charge in [-0.15, -0.1) is 11.3 Å². The molecule has 59 heavy (non-hydrogen) atoms. The molecule has 0 atom stereocenters. The molecule has 0 saturated carbocycles. The molecule has 0 aliphatic heterocycles. The van der Waals surface area contributed by atoms with Crippen molar-refractivity contribution in [3.05, 3.63) is 182 Å². The van der Waals surface area contributed by atoms with Crippen molar-refractivity contribution in [3.8, 4) is 39.9 Å². The third-order valence-corrected chi connectivity index (χ3v) is 13.0. The molecule has 6 heteroatoms. The summed E-state index contributed by atoms with van der Waals surface area (Å²) >= 11 is 1.84. The molecule has 0 N–H and O–H groups in total. The van der Waals surface area contributed by atoms with Gasteiger partial charge in [-0.25, -0.2) is 15.0 Å². The van der Waals surface area contributed by atoms with Crippen LogP contribution in [-0.2, 0) is 0 Å². The van der Waals surface area contributed by atoms with Crippen molar-refractivity contribution in [2.45, 2.75) is 0 Å². The van der Waals surface area contributed by atoms with Gasteiger partial charge in [0.05, 0.1) is 16.7 Å². The van der Waals surface area contributed by atoms with Gasteiger partial charge in [-0.05, 0) is 64.0 Å². The van der Waals surface area contributed by atoms with Crippen LogP contribution in [0.15, 0.2) is 186 Å². The van der Waals surface area contributed by atoms with E-state index in [1.54, 1.807) is 0 Å². The Kier molecular flexibility index (Phi) is 6.82. The van der Waals surface area contributed by atoms with Crippen LogP contribution < -0.4 is 0 Å². The lowest BCUT2D eigenvalue weighted by Gasteiger charge is -2.14. The van der Waals surface area contributed by atoms with E-state index in [9.17, 15) is 0 Å². The third-order valence-electron chi connectivity index (χ3n) is 11.8. The van der Waals surface area contributed by atoms with E-state index in [2.05, 4.69) is 162 Å². The Bertz CT molecular complexity index is 3860. The number of hydrogen-bond donors (Lipinski definition) is 0. The zero-order chi connectivity index (χ0) is 38.6. The first kappa shape index (κ1) is 32.4. The van der Waals surface area contributed by atoms with E-state index in [-0.39, 0.29) is 0 Å². The first-order valence-electron chi connectivity index (χ1n) is 19.8. The molecule has 0 aliphatic rings. The monoisotopic (exact) mass is 770 g/mol. The normalized spacial score (nSPS) is 12.1. The van der Waals surface area contributed by atoms with Gasteiger partial charge in [0.2, 0.25) is 0 Å². The van der Waals surface area contributed by atoms with E-state index in [0.717, 1.165) is 71.5 Å². The molecular weight excluding hydrogens is 741 g/mol. The lowest BCUT2D eigenvalue weighted by molar-refractivity contribution is 0.671. The molecule has 0 unspecified atom stereocenters. The van der Waals surface area contributed by atoms with Crippen LogP contribution in [0.2, 0.25) is 0 Å². The predicted octanol–water partition coefficient (Wildman–Crippen LogP) is 14.5. The summed E-state index contributed by atoms with van der Waals surface area (Å²) in [7, 11) is 0. The number of nitrogens with zero attached hydrogens (tertiary/aromatic N) is 4. The Hall–Kier alpha value is -7.67. The molecule has 13 rings (SSSR count). The van der Waals surface area contributed by atoms with Crippen molar-refractivity contribution < 1.29 is 4.42 Å². The van der Waals surface area contributed by atoms with Gasteiger partial charge in [0.25, 0.3) is 0 Å². The molecule has 0 bridgehead atoms. The molecule has 274 valence electrons. The van der Waals surface area contributed by atoms with E-state index in [0.29, 0.717) is 17.5 Å². The zero-order valence-electron chi connectivity index (χ0n) is 31.4. The minimum atomic E-state index is 0.628. The van der Waals surface area contributed by atoms with E-state index in [1.807, 2.05) is 35.6 Å². The Labute approximate surface area is 341 Å². The van der Waals surface area contributed by atoms with E-state index < -0.39 is 0 Å². The second kappa shape index (κ2) is 12.4. The highest BCUT2D eigenvalue weighted by atomic mass is 32.1. The number of furan rings is 1. The van der Waals surface area contributed by atoms with Crippen LogP contribution in [0.4, 0.5) is 0 Å². The maximum Gasteiger partial charge on any atom is 0.164 e. The summed E-state index contributed by atoms with van der Waals surface area (Å²) in [6.07, 6.45) is 0. The van der Waals surface area contributed by atoms with Crippen molar-refractivity contribution in [3.63, 3.8) is 0 Å². The maximum atomic E-state index is 6.78. The number of fused-ring (bicyclic) bond motifs is 13. The Morgan fingerprint density at radius 2 is 1.05 bits per heavy atom. The van der Waals surface area contributed by atoms with Gasteiger partial charge in [0, 0.05) is 58.4 Å². The van der Waals surface area contributed by atoms with E-state index in [4.69, 9.17) is 19.4 Å². The average Bonchev–Trinajstić information content (AvgIpc) is 3.99. The van der Waals surface area contributed by atoms with E-state index >= 15 is 0 Å². The quantitative estimate of drug-likeness (QED) is 0.179. The summed E-state index contributed by atoms with van der Waals surface area (Å²) < 4.78 is 11.7. The average molecular weight is 771 g/mol. The van der Waals surface area contributed by atoms with Crippen LogP contribution in [-0.4, -0.2) is 19.5 Å². The van der Waals surface area contributed by atoms with Crippen molar-refractivity contribution in [2.24, 2.45) is 0 Å². The highest BCUT2D eigenvalue weighted by molar-refractivity contribution is 7.26. The van der Waals surface area contributed by atoms with Crippen LogP contribution >= 0.6 is 11.3 Å². The molecule has 0 aliphatic carbocycles. The Balaban J connectivity index is 1.11. The molecule has 0 radical (unpaired) electrons. The maximum absolute atomic E-state index is 6.78. The summed E-state index contributed by atoms with van der Waals surface area (Å²) in [6.45, 7) is 0. The third kappa shape index (κ3) is 4.87. The fourth-order valence-electron chi connectivity index (χ4n) is 9.07. The van der Waals surface area contributed by atoms with Crippen LogP contribution in [0, 0.1) is 0 Å². The molecule has 13 aromatic rings. The SMILES string of the molecule is c1ccc(-c2nc(-c3ccc4ccccc4c3)nc(-c3ccc4c(c3)cc(-n3c5ccccc5c5ccc6c7ccccc7oc6c53)c3c5ccccc5sc43)n2)cc1. The van der Waals surface area contributed by atoms with Gasteiger partial charge in [-0.3, -0.25) is 0 Å². The van der Waals surface area contributed by atoms with Crippen LogP contribution in [0.5, 0.6) is 0 Å². The summed E-state index contributed by atoms with van der Waals surface area (Å²) in [4.78, 5) is 15.4. The second-order valence-electron chi connectivity index (χ2n) is 15.2. The topological polar surface area (TPSA) is 56.7 Å². The summed E-state index contributed by atoms with van der Waals surface area (Å²) in [5, 5.41) is 11.7. The van der Waals surface area contributed by atoms with E-state index in [1.165, 1.54) is 36.3 Å². The molecule has 4 aromatic heterocycles. The van der Waals surface area contributed by atoms with Gasteiger partial charge >= 0.3 is 0 Å². The minimum absolute atomic E-state index is 0.628. The molecule has 0 spiro atoms. The highest BCUT2D eigenvalue weighted by Gasteiger charge is 2.23. The number of benzene rings is 9. The molecule has 9 aromatic carbocycles. The highest BCUT2D eigenvalue weighted by Crippen LogP contribution is 2.47. The number of rotatable bonds is 4. The Morgan fingerprint density at radius 1 is 0.424 bits per heavy atom. The summed E-state index contributed by atoms with van der Waals surface area (Å²) in [6, 6.07) is 64.3. The molecule has 5 nitrogen and oxygen atoms in total. The summed E-state index contributed by atoms with van der Waals surface area (Å²) in [5.74, 6) is 1.91. The van der Waals surface area contributed by atoms with Crippen LogP contribution in [0.3, 0.4) is 0 Å². The van der Waals surface area contributed by atoms with Gasteiger partial charge in [-0.1, -0.05) is 140 Å². The molecule has 0 amide bonds. The van der Waals surface area contributed by atoms with Crippen molar-refractivity contribution >= 4 is 96.8 Å². The standard InChI is InChI=1S/C53H30N4OS/c1-2-13-32(14-3-1)51-54-52(34-23-22-31-12-4-5-15-33(31)28-34)56-53(55-51)35-24-25-37-36(29-35)30-44(47-42-18-8-11-21-46(42)59-50(37)47)57-43-19-9-6-16-38(43)40-26-27-41-39-17-7-10-20-45(39)58-49(41)48(40)57/h1-30H. The second-order valence-corrected chi connectivity index (χ2v) is 16.2. The first-order chi connectivity index (χ1) is 29.2. The molecule has 0 saturated heterocycles. The zero-order valence-corrected chi connectivity index (χ0v) is 32.2. The summed E-state index contributed by atoms with van der Waals surface area (Å²) in [5.41, 5.74) is 7.90. The lowest BCUT2D eigenvalue weighted by Crippen LogP contribution is -2.00. The number of para-hydroxylation sites is 2.